The minimum Gasteiger partial charge on any atom is -0.478 e. The molecule has 0 aromatic rings. The Kier molecular flexibility index (Phi) is 4.71. The van der Waals surface area contributed by atoms with Gasteiger partial charge in [0, 0.05) is 0 Å². The van der Waals surface area contributed by atoms with E-state index in [0.29, 0.717) is 13.0 Å². The van der Waals surface area contributed by atoms with Gasteiger partial charge in [-0.2, -0.15) is 5.26 Å². The molecule has 0 unspecified atom stereocenters. The molecule has 2 nitrogen and oxygen atoms in total. The lowest BCUT2D eigenvalue weighted by atomic mass is 10.5. The Morgan fingerprint density at radius 3 is 2.88 bits per heavy atom. The van der Waals surface area contributed by atoms with Gasteiger partial charge < -0.3 is 4.74 Å². The van der Waals surface area contributed by atoms with Crippen molar-refractivity contribution in [1.82, 2.24) is 0 Å². The highest BCUT2D eigenvalue weighted by molar-refractivity contribution is 8.10. The van der Waals surface area contributed by atoms with Crippen LogP contribution in [0.5, 0.6) is 0 Å². The van der Waals surface area contributed by atoms with Crippen LogP contribution in [0.4, 0.5) is 0 Å². The van der Waals surface area contributed by atoms with Gasteiger partial charge in [0.2, 0.25) is 4.38 Å². The number of thiocarbonyl (C=S) groups is 1. The molecular weight excluding hydrogens is 142 g/mol. The fraction of sp³-hybridized carbons (Fsp3) is 0.500. The molecule has 0 rings (SSSR count). The second kappa shape index (κ2) is 4.88. The first-order valence-corrected chi connectivity index (χ1v) is 2.85. The van der Waals surface area contributed by atoms with E-state index < -0.39 is 0 Å². The number of hydrogen-bond donors (Lipinski definition) is 1. The van der Waals surface area contributed by atoms with Crippen LogP contribution in [0.2, 0.25) is 0 Å². The van der Waals surface area contributed by atoms with Crippen molar-refractivity contribution >= 4 is 29.2 Å². The maximum atomic E-state index is 7.98. The van der Waals surface area contributed by atoms with E-state index in [2.05, 4.69) is 29.6 Å². The number of thiol groups is 1. The quantitative estimate of drug-likeness (QED) is 0.361. The third-order valence-corrected chi connectivity index (χ3v) is 0.686. The molecule has 4 heteroatoms. The number of nitrogens with zero attached hydrogens (tertiary/aromatic N) is 1. The van der Waals surface area contributed by atoms with Gasteiger partial charge in [-0.1, -0.05) is 12.6 Å². The summed E-state index contributed by atoms with van der Waals surface area (Å²) in [6.45, 7) is 0.346. The minimum atomic E-state index is 0.195. The van der Waals surface area contributed by atoms with Crippen LogP contribution < -0.4 is 0 Å². The van der Waals surface area contributed by atoms with Crippen molar-refractivity contribution < 1.29 is 4.74 Å². The lowest BCUT2D eigenvalue weighted by Gasteiger charge is -1.94. The van der Waals surface area contributed by atoms with Crippen LogP contribution in [0.3, 0.4) is 0 Å². The van der Waals surface area contributed by atoms with Gasteiger partial charge in [-0.05, 0) is 12.2 Å². The lowest BCUT2D eigenvalue weighted by Crippen LogP contribution is -1.93. The van der Waals surface area contributed by atoms with Crippen molar-refractivity contribution in [2.75, 3.05) is 6.61 Å². The van der Waals surface area contributed by atoms with Gasteiger partial charge in [0.1, 0.15) is 6.61 Å². The van der Waals surface area contributed by atoms with Crippen molar-refractivity contribution in [1.29, 1.82) is 5.26 Å². The summed E-state index contributed by atoms with van der Waals surface area (Å²) in [5, 5.41) is 7.98. The number of ether oxygens (including phenoxy) is 1. The summed E-state index contributed by atoms with van der Waals surface area (Å²) < 4.78 is 4.85. The molecule has 8 heavy (non-hydrogen) atoms. The van der Waals surface area contributed by atoms with Crippen LogP contribution in [0.15, 0.2) is 0 Å². The van der Waals surface area contributed by atoms with Gasteiger partial charge >= 0.3 is 0 Å². The molecule has 0 bridgehead atoms. The normalized spacial score (nSPS) is 7.50. The third-order valence-electron chi connectivity index (χ3n) is 0.439. The highest BCUT2D eigenvalue weighted by atomic mass is 32.1. The van der Waals surface area contributed by atoms with Crippen LogP contribution in [0.1, 0.15) is 6.42 Å². The lowest BCUT2D eigenvalue weighted by molar-refractivity contribution is 0.332. The summed E-state index contributed by atoms with van der Waals surface area (Å²) in [7, 11) is 0. The van der Waals surface area contributed by atoms with Gasteiger partial charge in [-0.3, -0.25) is 0 Å². The van der Waals surface area contributed by atoms with Crippen LogP contribution >= 0.6 is 24.8 Å². The van der Waals surface area contributed by atoms with Gasteiger partial charge in [0.15, 0.2) is 0 Å². The first kappa shape index (κ1) is 7.73. The fourth-order valence-electron chi connectivity index (χ4n) is 0.184. The predicted octanol–water partition coefficient (Wildman–Crippen LogP) is 1.13. The molecule has 0 atom stereocenters. The molecule has 0 amide bonds. The topological polar surface area (TPSA) is 33.0 Å². The zero-order chi connectivity index (χ0) is 6.41. The Morgan fingerprint density at radius 2 is 2.50 bits per heavy atom. The zero-order valence-corrected chi connectivity index (χ0v) is 5.84. The molecule has 0 aliphatic heterocycles. The average Bonchev–Trinajstić information content (AvgIpc) is 1.66. The van der Waals surface area contributed by atoms with Crippen molar-refractivity contribution in [3.05, 3.63) is 0 Å². The van der Waals surface area contributed by atoms with E-state index in [1.807, 2.05) is 6.07 Å². The Balaban J connectivity index is 2.97. The second-order valence-corrected chi connectivity index (χ2v) is 2.10. The van der Waals surface area contributed by atoms with Gasteiger partial charge in [0.25, 0.3) is 0 Å². The van der Waals surface area contributed by atoms with Crippen LogP contribution in [-0.4, -0.2) is 11.0 Å². The molecule has 0 aliphatic carbocycles. The Hall–Kier alpha value is -0.270. The third kappa shape index (κ3) is 5.73. The zero-order valence-electron chi connectivity index (χ0n) is 4.13. The molecule has 0 saturated carbocycles. The summed E-state index contributed by atoms with van der Waals surface area (Å²) in [6.07, 6.45) is 0.362. The van der Waals surface area contributed by atoms with Crippen LogP contribution in [0.25, 0.3) is 0 Å². The molecule has 0 fully saturated rings. The first-order chi connectivity index (χ1) is 3.77. The van der Waals surface area contributed by atoms with Gasteiger partial charge in [0.05, 0.1) is 12.5 Å². The largest absolute Gasteiger partial charge is 0.478 e. The number of hydrogen-bond acceptors (Lipinski definition) is 3. The van der Waals surface area contributed by atoms with Crippen LogP contribution in [0, 0.1) is 11.3 Å². The monoisotopic (exact) mass is 147 g/mol. The van der Waals surface area contributed by atoms with E-state index in [1.54, 1.807) is 0 Å². The number of nitriles is 1. The summed E-state index contributed by atoms with van der Waals surface area (Å²) in [5.74, 6) is 0. The van der Waals surface area contributed by atoms with Gasteiger partial charge in [-0.15, -0.1) is 0 Å². The van der Waals surface area contributed by atoms with Crippen molar-refractivity contribution in [3.8, 4) is 6.07 Å². The van der Waals surface area contributed by atoms with Crippen molar-refractivity contribution in [3.63, 3.8) is 0 Å². The summed E-state index contributed by atoms with van der Waals surface area (Å²) in [4.78, 5) is 0. The van der Waals surface area contributed by atoms with E-state index in [-0.39, 0.29) is 4.38 Å². The van der Waals surface area contributed by atoms with E-state index in [1.165, 1.54) is 0 Å². The van der Waals surface area contributed by atoms with Crippen molar-refractivity contribution in [2.45, 2.75) is 6.42 Å². The highest BCUT2D eigenvalue weighted by Gasteiger charge is 1.85. The molecule has 0 heterocycles. The second-order valence-electron chi connectivity index (χ2n) is 1.02. The maximum Gasteiger partial charge on any atom is 0.216 e. The molecule has 0 N–H and O–H groups in total. The molecule has 0 aromatic heterocycles. The fourth-order valence-corrected chi connectivity index (χ4v) is 0.359. The highest BCUT2D eigenvalue weighted by Crippen LogP contribution is 1.87. The van der Waals surface area contributed by atoms with E-state index >= 15 is 0 Å². The molecular formula is C4H5NOS2. The molecule has 0 radical (unpaired) electrons. The minimum absolute atomic E-state index is 0.195. The van der Waals surface area contributed by atoms with Crippen molar-refractivity contribution in [2.24, 2.45) is 0 Å². The molecule has 0 saturated heterocycles. The molecule has 0 aliphatic rings. The van der Waals surface area contributed by atoms with E-state index in [9.17, 15) is 0 Å². The first-order valence-electron chi connectivity index (χ1n) is 2.00. The molecule has 0 aromatic carbocycles. The Labute approximate surface area is 58.9 Å². The Bertz CT molecular complexity index is 118. The Morgan fingerprint density at radius 1 is 1.88 bits per heavy atom. The smallest absolute Gasteiger partial charge is 0.216 e. The van der Waals surface area contributed by atoms with E-state index in [4.69, 9.17) is 5.26 Å². The van der Waals surface area contributed by atoms with Crippen LogP contribution in [-0.2, 0) is 4.74 Å². The summed E-state index contributed by atoms with van der Waals surface area (Å²) >= 11 is 8.11. The van der Waals surface area contributed by atoms with Gasteiger partial charge in [-0.25, -0.2) is 0 Å². The maximum absolute atomic E-state index is 7.98. The molecule has 0 spiro atoms. The molecule has 44 valence electrons. The predicted molar refractivity (Wildman–Crippen MR) is 37.8 cm³/mol. The summed E-state index contributed by atoms with van der Waals surface area (Å²) in [5.41, 5.74) is 0. The average molecular weight is 147 g/mol. The SMILES string of the molecule is N#CCCOC(=S)S. The van der Waals surface area contributed by atoms with E-state index in [0.717, 1.165) is 0 Å². The standard InChI is InChI=1S/C4H5NOS2/c5-2-1-3-6-4(7)8/h1,3H2,(H,7,8). The summed E-state index contributed by atoms with van der Waals surface area (Å²) in [6, 6.07) is 1.90. The number of rotatable bonds is 2.